The summed E-state index contributed by atoms with van der Waals surface area (Å²) in [5.74, 6) is 0.175. The number of ether oxygens (including phenoxy) is 3. The highest BCUT2D eigenvalue weighted by atomic mass is 32.1. The van der Waals surface area contributed by atoms with Crippen LogP contribution >= 0.6 is 11.3 Å². The van der Waals surface area contributed by atoms with Crippen LogP contribution in [0.15, 0.2) is 23.8 Å². The Bertz CT molecular complexity index is 1100. The van der Waals surface area contributed by atoms with Gasteiger partial charge in [-0.05, 0) is 43.2 Å². The van der Waals surface area contributed by atoms with E-state index in [2.05, 4.69) is 0 Å². The molecule has 1 aromatic heterocycles. The van der Waals surface area contributed by atoms with Crippen molar-refractivity contribution in [2.45, 2.75) is 20.3 Å². The minimum absolute atomic E-state index is 0.0588. The van der Waals surface area contributed by atoms with Crippen molar-refractivity contribution < 1.29 is 23.8 Å². The fourth-order valence-electron chi connectivity index (χ4n) is 2.82. The molecular formula is C21H16N2O5S. The molecule has 3 rings (SSSR count). The highest BCUT2D eigenvalue weighted by molar-refractivity contribution is 7.14. The zero-order valence-electron chi connectivity index (χ0n) is 15.8. The molecule has 2 heterocycles. The summed E-state index contributed by atoms with van der Waals surface area (Å²) in [6, 6.07) is 9.05. The maximum Gasteiger partial charge on any atom is 0.348 e. The first-order chi connectivity index (χ1) is 14.0. The monoisotopic (exact) mass is 408 g/mol. The van der Waals surface area contributed by atoms with Crippen LogP contribution in [0.4, 0.5) is 0 Å². The molecule has 146 valence electrons. The zero-order chi connectivity index (χ0) is 21.0. The number of hydrogen-bond donors (Lipinski definition) is 0. The van der Waals surface area contributed by atoms with E-state index in [1.807, 2.05) is 12.1 Å². The van der Waals surface area contributed by atoms with Gasteiger partial charge in [0.25, 0.3) is 0 Å². The lowest BCUT2D eigenvalue weighted by Gasteiger charge is -2.01. The van der Waals surface area contributed by atoms with Crippen LogP contribution in [0.2, 0.25) is 0 Å². The summed E-state index contributed by atoms with van der Waals surface area (Å²) in [4.78, 5) is 25.5. The molecule has 0 aliphatic carbocycles. The van der Waals surface area contributed by atoms with Crippen molar-refractivity contribution in [3.8, 4) is 23.6 Å². The largest absolute Gasteiger partial charge is 0.462 e. The number of allylic oxidation sites excluding steroid dienone is 1. The summed E-state index contributed by atoms with van der Waals surface area (Å²) in [6.07, 6.45) is 1.31. The normalized spacial score (nSPS) is 12.2. The smallest absolute Gasteiger partial charge is 0.348 e. The van der Waals surface area contributed by atoms with Gasteiger partial charge in [0.1, 0.15) is 17.0 Å². The number of thiophene rings is 1. The Morgan fingerprint density at radius 3 is 2.72 bits per heavy atom. The lowest BCUT2D eigenvalue weighted by Crippen LogP contribution is -2.05. The second-order valence-corrected chi connectivity index (χ2v) is 7.17. The van der Waals surface area contributed by atoms with Crippen LogP contribution in [0.3, 0.4) is 0 Å². The van der Waals surface area contributed by atoms with Crippen molar-refractivity contribution in [1.82, 2.24) is 0 Å². The second-order valence-electron chi connectivity index (χ2n) is 6.07. The van der Waals surface area contributed by atoms with E-state index in [-0.39, 0.29) is 31.0 Å². The Balaban J connectivity index is 1.87. The summed E-state index contributed by atoms with van der Waals surface area (Å²) in [7, 11) is 0. The number of benzene rings is 1. The molecule has 2 aromatic rings. The SMILES string of the molecule is CCOC(=O)c1sc(CC(=O)/C(C#N)=C/c2ccc3c(c2)OCO3)c(C#N)c1C. The fraction of sp³-hybridized carbons (Fsp3) is 0.238. The molecule has 0 amide bonds. The van der Waals surface area contributed by atoms with Gasteiger partial charge < -0.3 is 14.2 Å². The van der Waals surface area contributed by atoms with Crippen molar-refractivity contribution in [2.24, 2.45) is 0 Å². The van der Waals surface area contributed by atoms with Gasteiger partial charge in [0.2, 0.25) is 6.79 Å². The maximum absolute atomic E-state index is 12.7. The van der Waals surface area contributed by atoms with Crippen LogP contribution in [-0.2, 0) is 16.0 Å². The van der Waals surface area contributed by atoms with Gasteiger partial charge in [-0.1, -0.05) is 6.07 Å². The molecule has 8 heteroatoms. The first kappa shape index (κ1) is 20.1. The van der Waals surface area contributed by atoms with Gasteiger partial charge in [-0.3, -0.25) is 4.79 Å². The fourth-order valence-corrected chi connectivity index (χ4v) is 3.97. The van der Waals surface area contributed by atoms with Gasteiger partial charge in [0.15, 0.2) is 17.3 Å². The molecule has 0 N–H and O–H groups in total. The number of fused-ring (bicyclic) bond motifs is 1. The van der Waals surface area contributed by atoms with Crippen molar-refractivity contribution in [2.75, 3.05) is 13.4 Å². The molecule has 0 unspecified atom stereocenters. The lowest BCUT2D eigenvalue weighted by molar-refractivity contribution is -0.114. The van der Waals surface area contributed by atoms with Crippen LogP contribution in [0.25, 0.3) is 6.08 Å². The molecule has 7 nitrogen and oxygen atoms in total. The number of ketones is 1. The van der Waals surface area contributed by atoms with E-state index in [1.165, 1.54) is 6.08 Å². The van der Waals surface area contributed by atoms with Gasteiger partial charge in [-0.15, -0.1) is 11.3 Å². The van der Waals surface area contributed by atoms with Crippen molar-refractivity contribution in [3.63, 3.8) is 0 Å². The number of rotatable bonds is 6. The predicted molar refractivity (Wildman–Crippen MR) is 105 cm³/mol. The summed E-state index contributed by atoms with van der Waals surface area (Å²) in [5.41, 5.74) is 1.31. The zero-order valence-corrected chi connectivity index (χ0v) is 16.6. The molecule has 0 saturated carbocycles. The Hall–Kier alpha value is -3.62. The Kier molecular flexibility index (Phi) is 5.96. The average molecular weight is 408 g/mol. The number of nitrogens with zero attached hydrogens (tertiary/aromatic N) is 2. The molecule has 0 saturated heterocycles. The molecule has 0 atom stereocenters. The summed E-state index contributed by atoms with van der Waals surface area (Å²) < 4.78 is 15.5. The average Bonchev–Trinajstić information content (AvgIpc) is 3.29. The van der Waals surface area contributed by atoms with Gasteiger partial charge in [0, 0.05) is 11.3 Å². The van der Waals surface area contributed by atoms with Gasteiger partial charge in [-0.2, -0.15) is 10.5 Å². The van der Waals surface area contributed by atoms with Crippen LogP contribution in [-0.4, -0.2) is 25.2 Å². The summed E-state index contributed by atoms with van der Waals surface area (Å²) >= 11 is 1.05. The highest BCUT2D eigenvalue weighted by Crippen LogP contribution is 2.33. The number of esters is 1. The Labute approximate surface area is 171 Å². The van der Waals surface area contributed by atoms with Crippen molar-refractivity contribution in [1.29, 1.82) is 10.5 Å². The number of carbonyl (C=O) groups excluding carboxylic acids is 2. The van der Waals surface area contributed by atoms with Gasteiger partial charge >= 0.3 is 5.97 Å². The first-order valence-corrected chi connectivity index (χ1v) is 9.54. The summed E-state index contributed by atoms with van der Waals surface area (Å²) in [5, 5.41) is 18.9. The standard InChI is InChI=1S/C21H16N2O5S/c1-3-26-21(25)20-12(2)15(10-23)19(29-20)8-16(24)14(9-22)6-13-4-5-17-18(7-13)28-11-27-17/h4-7H,3,8,11H2,1-2H3/b14-6+. The van der Waals surface area contributed by atoms with E-state index >= 15 is 0 Å². The van der Waals surface area contributed by atoms with Gasteiger partial charge in [-0.25, -0.2) is 4.79 Å². The maximum atomic E-state index is 12.7. The lowest BCUT2D eigenvalue weighted by atomic mass is 10.0. The van der Waals surface area contributed by atoms with Crippen LogP contribution in [0, 0.1) is 29.6 Å². The molecule has 1 aliphatic rings. The molecule has 0 spiro atoms. The van der Waals surface area contributed by atoms with Crippen molar-refractivity contribution >= 4 is 29.2 Å². The van der Waals surface area contributed by atoms with E-state index in [0.29, 0.717) is 32.4 Å². The first-order valence-electron chi connectivity index (χ1n) is 8.72. The minimum atomic E-state index is -0.526. The molecule has 0 bridgehead atoms. The summed E-state index contributed by atoms with van der Waals surface area (Å²) in [6.45, 7) is 3.67. The quantitative estimate of drug-likeness (QED) is 0.408. The topological polar surface area (TPSA) is 109 Å². The molecule has 1 aromatic carbocycles. The number of carbonyl (C=O) groups is 2. The molecular weight excluding hydrogens is 392 g/mol. The molecule has 0 fully saturated rings. The van der Waals surface area contributed by atoms with E-state index in [1.54, 1.807) is 32.0 Å². The number of nitriles is 2. The molecule has 0 radical (unpaired) electrons. The second kappa shape index (κ2) is 8.59. The third-order valence-electron chi connectivity index (χ3n) is 4.24. The van der Waals surface area contributed by atoms with Crippen LogP contribution in [0.5, 0.6) is 11.5 Å². The predicted octanol–water partition coefficient (Wildman–Crippen LogP) is 3.55. The Morgan fingerprint density at radius 1 is 1.28 bits per heavy atom. The van der Waals surface area contributed by atoms with E-state index in [9.17, 15) is 20.1 Å². The third-order valence-corrected chi connectivity index (χ3v) is 5.51. The number of hydrogen-bond acceptors (Lipinski definition) is 8. The molecule has 1 aliphatic heterocycles. The van der Waals surface area contributed by atoms with Crippen LogP contribution in [0.1, 0.15) is 38.2 Å². The van der Waals surface area contributed by atoms with Crippen molar-refractivity contribution in [3.05, 3.63) is 50.2 Å². The van der Waals surface area contributed by atoms with E-state index in [0.717, 1.165) is 11.3 Å². The van der Waals surface area contributed by atoms with E-state index < -0.39 is 11.8 Å². The molecule has 29 heavy (non-hydrogen) atoms. The van der Waals surface area contributed by atoms with Gasteiger partial charge in [0.05, 0.1) is 17.7 Å². The minimum Gasteiger partial charge on any atom is -0.462 e. The Morgan fingerprint density at radius 2 is 2.03 bits per heavy atom. The number of Topliss-reactive ketones (excluding diaryl/α,β-unsaturated/α-hetero) is 1. The highest BCUT2D eigenvalue weighted by Gasteiger charge is 2.23. The van der Waals surface area contributed by atoms with Crippen LogP contribution < -0.4 is 9.47 Å². The third kappa shape index (κ3) is 4.13. The van der Waals surface area contributed by atoms with E-state index in [4.69, 9.17) is 14.2 Å².